The van der Waals surface area contributed by atoms with Gasteiger partial charge in [-0.2, -0.15) is 11.8 Å². The Morgan fingerprint density at radius 3 is 2.82 bits per heavy atom. The first-order valence-corrected chi connectivity index (χ1v) is 4.95. The van der Waals surface area contributed by atoms with Crippen molar-refractivity contribution >= 4 is 17.7 Å². The SMILES string of the molecule is CCCCSC[C@@H]([NH3+])C(=O)[O-]. The maximum absolute atomic E-state index is 10.2. The van der Waals surface area contributed by atoms with E-state index in [1.54, 1.807) is 11.8 Å². The minimum absolute atomic E-state index is 0.558. The number of thioether (sulfide) groups is 1. The van der Waals surface area contributed by atoms with Crippen LogP contribution in [-0.2, 0) is 4.79 Å². The van der Waals surface area contributed by atoms with Gasteiger partial charge in [0, 0.05) is 0 Å². The van der Waals surface area contributed by atoms with Gasteiger partial charge in [0.2, 0.25) is 0 Å². The van der Waals surface area contributed by atoms with Crippen LogP contribution in [0.25, 0.3) is 0 Å². The molecule has 0 fully saturated rings. The van der Waals surface area contributed by atoms with Crippen LogP contribution in [0.4, 0.5) is 0 Å². The molecule has 1 atom stereocenters. The molecule has 0 unspecified atom stereocenters. The molecule has 0 bridgehead atoms. The van der Waals surface area contributed by atoms with Gasteiger partial charge in [-0.3, -0.25) is 0 Å². The topological polar surface area (TPSA) is 67.8 Å². The van der Waals surface area contributed by atoms with E-state index in [1.807, 2.05) is 0 Å². The monoisotopic (exact) mass is 177 g/mol. The largest absolute Gasteiger partial charge is 0.544 e. The Morgan fingerprint density at radius 1 is 1.73 bits per heavy atom. The second-order valence-electron chi connectivity index (χ2n) is 2.44. The lowest BCUT2D eigenvalue weighted by molar-refractivity contribution is -0.431. The van der Waals surface area contributed by atoms with Crippen molar-refractivity contribution in [1.29, 1.82) is 0 Å². The van der Waals surface area contributed by atoms with E-state index in [1.165, 1.54) is 0 Å². The van der Waals surface area contributed by atoms with Crippen LogP contribution in [0.15, 0.2) is 0 Å². The molecule has 0 aromatic carbocycles. The van der Waals surface area contributed by atoms with E-state index >= 15 is 0 Å². The van der Waals surface area contributed by atoms with Crippen molar-refractivity contribution in [3.05, 3.63) is 0 Å². The summed E-state index contributed by atoms with van der Waals surface area (Å²) in [6.45, 7) is 2.11. The maximum Gasteiger partial charge on any atom is 0.134 e. The van der Waals surface area contributed by atoms with Crippen LogP contribution in [0.2, 0.25) is 0 Å². The number of aliphatic carboxylic acids is 1. The van der Waals surface area contributed by atoms with Gasteiger partial charge in [-0.05, 0) is 12.2 Å². The average Bonchev–Trinajstić information content (AvgIpc) is 1.97. The zero-order chi connectivity index (χ0) is 8.69. The molecule has 0 aromatic rings. The van der Waals surface area contributed by atoms with Crippen molar-refractivity contribution in [3.63, 3.8) is 0 Å². The number of hydrogen-bond acceptors (Lipinski definition) is 3. The fourth-order valence-corrected chi connectivity index (χ4v) is 1.62. The number of unbranched alkanes of at least 4 members (excludes halogenated alkanes) is 1. The standard InChI is InChI=1S/C7H15NO2S/c1-2-3-4-11-5-6(8)7(9)10/h6H,2-5,8H2,1H3,(H,9,10)/t6-/m1/s1. The highest BCUT2D eigenvalue weighted by atomic mass is 32.2. The van der Waals surface area contributed by atoms with Gasteiger partial charge >= 0.3 is 0 Å². The zero-order valence-corrected chi connectivity index (χ0v) is 7.65. The Balaban J connectivity index is 3.17. The summed E-state index contributed by atoms with van der Waals surface area (Å²) < 4.78 is 0. The smallest absolute Gasteiger partial charge is 0.134 e. The van der Waals surface area contributed by atoms with Crippen molar-refractivity contribution in [2.75, 3.05) is 11.5 Å². The Hall–Kier alpha value is -0.220. The van der Waals surface area contributed by atoms with Crippen LogP contribution in [0.5, 0.6) is 0 Å². The summed E-state index contributed by atoms with van der Waals surface area (Å²) in [7, 11) is 0. The first-order chi connectivity index (χ1) is 5.18. The van der Waals surface area contributed by atoms with E-state index in [0.29, 0.717) is 5.75 Å². The lowest BCUT2D eigenvalue weighted by Crippen LogP contribution is -2.69. The fourth-order valence-electron chi connectivity index (χ4n) is 0.540. The van der Waals surface area contributed by atoms with Gasteiger partial charge in [0.25, 0.3) is 0 Å². The van der Waals surface area contributed by atoms with Crippen LogP contribution in [0.3, 0.4) is 0 Å². The first-order valence-electron chi connectivity index (χ1n) is 3.80. The molecule has 3 N–H and O–H groups in total. The van der Waals surface area contributed by atoms with Gasteiger partial charge < -0.3 is 15.6 Å². The molecule has 0 aromatic heterocycles. The third kappa shape index (κ3) is 6.19. The Morgan fingerprint density at radius 2 is 2.36 bits per heavy atom. The van der Waals surface area contributed by atoms with Crippen LogP contribution in [0, 0.1) is 0 Å². The molecule has 0 saturated heterocycles. The number of carboxylic acids is 1. The quantitative estimate of drug-likeness (QED) is 0.523. The normalized spacial score (nSPS) is 12.9. The van der Waals surface area contributed by atoms with E-state index in [-0.39, 0.29) is 0 Å². The molecule has 0 spiro atoms. The molecule has 0 aliphatic carbocycles. The summed E-state index contributed by atoms with van der Waals surface area (Å²) >= 11 is 1.63. The molecular formula is C7H15NO2S. The molecule has 0 heterocycles. The highest BCUT2D eigenvalue weighted by Crippen LogP contribution is 2.04. The maximum atomic E-state index is 10.2. The third-order valence-electron chi connectivity index (χ3n) is 1.29. The summed E-state index contributed by atoms with van der Waals surface area (Å²) in [5.41, 5.74) is 3.45. The minimum Gasteiger partial charge on any atom is -0.544 e. The molecule has 0 radical (unpaired) electrons. The number of rotatable bonds is 6. The summed E-state index contributed by atoms with van der Waals surface area (Å²) in [6, 6.07) is -0.558. The van der Waals surface area contributed by atoms with Crippen molar-refractivity contribution in [2.45, 2.75) is 25.8 Å². The first kappa shape index (κ1) is 10.8. The molecule has 0 aliphatic rings. The summed E-state index contributed by atoms with van der Waals surface area (Å²) in [6.07, 6.45) is 2.30. The number of carbonyl (C=O) groups excluding carboxylic acids is 1. The Bertz CT molecular complexity index is 119. The molecule has 66 valence electrons. The fraction of sp³-hybridized carbons (Fsp3) is 0.857. The Labute approximate surface area is 71.3 Å². The van der Waals surface area contributed by atoms with E-state index in [9.17, 15) is 9.90 Å². The molecule has 4 heteroatoms. The van der Waals surface area contributed by atoms with Crippen LogP contribution >= 0.6 is 11.8 Å². The third-order valence-corrected chi connectivity index (χ3v) is 2.51. The minimum atomic E-state index is -1.05. The summed E-state index contributed by atoms with van der Waals surface area (Å²) in [5, 5.41) is 10.2. The summed E-state index contributed by atoms with van der Waals surface area (Å²) in [4.78, 5) is 10.2. The van der Waals surface area contributed by atoms with Crippen LogP contribution < -0.4 is 10.8 Å². The molecule has 0 rings (SSSR count). The zero-order valence-electron chi connectivity index (χ0n) is 6.84. The van der Waals surface area contributed by atoms with Gasteiger partial charge in [0.05, 0.1) is 11.7 Å². The van der Waals surface area contributed by atoms with Gasteiger partial charge in [0.1, 0.15) is 6.04 Å². The van der Waals surface area contributed by atoms with Crippen molar-refractivity contribution in [2.24, 2.45) is 0 Å². The molecule has 11 heavy (non-hydrogen) atoms. The number of quaternary nitrogens is 1. The van der Waals surface area contributed by atoms with Gasteiger partial charge in [-0.15, -0.1) is 0 Å². The van der Waals surface area contributed by atoms with Gasteiger partial charge in [-0.1, -0.05) is 13.3 Å². The van der Waals surface area contributed by atoms with E-state index in [0.717, 1.165) is 18.6 Å². The van der Waals surface area contributed by atoms with Crippen LogP contribution in [0.1, 0.15) is 19.8 Å². The number of hydrogen-bond donors (Lipinski definition) is 1. The Kier molecular flexibility index (Phi) is 6.36. The van der Waals surface area contributed by atoms with Gasteiger partial charge in [-0.25, -0.2) is 0 Å². The highest BCUT2D eigenvalue weighted by Gasteiger charge is 2.05. The van der Waals surface area contributed by atoms with Crippen molar-refractivity contribution in [1.82, 2.24) is 0 Å². The van der Waals surface area contributed by atoms with E-state index in [4.69, 9.17) is 0 Å². The average molecular weight is 177 g/mol. The lowest BCUT2D eigenvalue weighted by atomic mass is 10.4. The molecule has 3 nitrogen and oxygen atoms in total. The van der Waals surface area contributed by atoms with Crippen LogP contribution in [-0.4, -0.2) is 23.5 Å². The lowest BCUT2D eigenvalue weighted by Gasteiger charge is -2.07. The molecule has 0 aliphatic heterocycles. The molecule has 0 amide bonds. The van der Waals surface area contributed by atoms with Gasteiger partial charge in [0.15, 0.2) is 0 Å². The molecular weight excluding hydrogens is 162 g/mol. The van der Waals surface area contributed by atoms with Crippen molar-refractivity contribution < 1.29 is 15.6 Å². The predicted molar refractivity (Wildman–Crippen MR) is 43.9 cm³/mol. The van der Waals surface area contributed by atoms with E-state index in [2.05, 4.69) is 12.7 Å². The highest BCUT2D eigenvalue weighted by molar-refractivity contribution is 7.99. The number of carbonyl (C=O) groups is 1. The second-order valence-corrected chi connectivity index (χ2v) is 3.59. The number of carboxylic acid groups (broad SMARTS) is 1. The molecule has 0 saturated carbocycles. The van der Waals surface area contributed by atoms with Crippen molar-refractivity contribution in [3.8, 4) is 0 Å². The predicted octanol–water partition coefficient (Wildman–Crippen LogP) is -1.12. The van der Waals surface area contributed by atoms with E-state index < -0.39 is 12.0 Å². The second kappa shape index (κ2) is 6.49. The summed E-state index contributed by atoms with van der Waals surface area (Å²) in [5.74, 6) is 0.548.